The second-order valence-electron chi connectivity index (χ2n) is 10.5. The van der Waals surface area contributed by atoms with Crippen LogP contribution in [-0.2, 0) is 14.3 Å². The van der Waals surface area contributed by atoms with Crippen molar-refractivity contribution < 1.29 is 14.3 Å². The van der Waals surface area contributed by atoms with E-state index in [1.54, 1.807) is 0 Å². The SMILES string of the molecule is CC(=O)O[C@@H]1CC[C@H]2[C@H]3C=C[C@H]4C(C)(C)C(=O)CC[C@]4(C)[C@@H]3CC[C@]12C. The van der Waals surface area contributed by atoms with Crippen molar-refractivity contribution in [2.75, 3.05) is 0 Å². The predicted octanol–water partition coefficient (Wildman–Crippen LogP) is 4.94. The maximum Gasteiger partial charge on any atom is 0.302 e. The molecule has 0 bridgehead atoms. The molecule has 0 spiro atoms. The van der Waals surface area contributed by atoms with Gasteiger partial charge in [0.1, 0.15) is 11.9 Å². The van der Waals surface area contributed by atoms with Crippen LogP contribution in [0.2, 0.25) is 0 Å². The van der Waals surface area contributed by atoms with Crippen LogP contribution < -0.4 is 0 Å². The molecule has 3 saturated carbocycles. The topological polar surface area (TPSA) is 43.4 Å². The largest absolute Gasteiger partial charge is 0.462 e. The Morgan fingerprint density at radius 3 is 2.38 bits per heavy atom. The van der Waals surface area contributed by atoms with Gasteiger partial charge < -0.3 is 4.74 Å². The van der Waals surface area contributed by atoms with Gasteiger partial charge in [-0.3, -0.25) is 9.59 Å². The molecule has 0 amide bonds. The van der Waals surface area contributed by atoms with Gasteiger partial charge in [-0.15, -0.1) is 0 Å². The van der Waals surface area contributed by atoms with Gasteiger partial charge in [-0.1, -0.05) is 39.8 Å². The molecule has 3 nitrogen and oxygen atoms in total. The van der Waals surface area contributed by atoms with Crippen LogP contribution in [0, 0.1) is 39.9 Å². The lowest BCUT2D eigenvalue weighted by molar-refractivity contribution is -0.159. The standard InChI is InChI=1S/C23H34O3/c1-14(24)26-20-9-7-16-15-6-8-18-21(2,3)19(25)11-13-22(18,4)17(15)10-12-23(16,20)5/h6,8,15-18,20H,7,9-13H2,1-5H3/t15-,16+,17-,18+,20-,22-,23+/m1/s1. The summed E-state index contributed by atoms with van der Waals surface area (Å²) in [5.74, 6) is 2.46. The summed E-state index contributed by atoms with van der Waals surface area (Å²) in [4.78, 5) is 24.1. The zero-order valence-corrected chi connectivity index (χ0v) is 17.0. The highest BCUT2D eigenvalue weighted by molar-refractivity contribution is 5.85. The Labute approximate surface area is 157 Å². The van der Waals surface area contributed by atoms with Crippen molar-refractivity contribution in [3.63, 3.8) is 0 Å². The monoisotopic (exact) mass is 358 g/mol. The van der Waals surface area contributed by atoms with Crippen molar-refractivity contribution in [3.8, 4) is 0 Å². The van der Waals surface area contributed by atoms with Gasteiger partial charge in [0.2, 0.25) is 0 Å². The zero-order chi connectivity index (χ0) is 18.9. The normalized spacial score (nSPS) is 49.1. The summed E-state index contributed by atoms with van der Waals surface area (Å²) in [7, 11) is 0. The number of ether oxygens (including phenoxy) is 1. The smallest absolute Gasteiger partial charge is 0.302 e. The molecule has 3 fully saturated rings. The molecule has 0 aliphatic heterocycles. The highest BCUT2D eigenvalue weighted by Gasteiger charge is 2.62. The summed E-state index contributed by atoms with van der Waals surface area (Å²) in [5, 5.41) is 0. The summed E-state index contributed by atoms with van der Waals surface area (Å²) in [5.41, 5.74) is 0.0865. The molecular formula is C23H34O3. The zero-order valence-electron chi connectivity index (χ0n) is 17.0. The van der Waals surface area contributed by atoms with Crippen LogP contribution in [0.4, 0.5) is 0 Å². The van der Waals surface area contributed by atoms with Gasteiger partial charge in [-0.2, -0.15) is 0 Å². The first-order chi connectivity index (χ1) is 12.1. The number of fused-ring (bicyclic) bond motifs is 5. The van der Waals surface area contributed by atoms with Gasteiger partial charge in [0.05, 0.1) is 0 Å². The van der Waals surface area contributed by atoms with E-state index in [-0.39, 0.29) is 28.3 Å². The summed E-state index contributed by atoms with van der Waals surface area (Å²) >= 11 is 0. The minimum atomic E-state index is -0.245. The van der Waals surface area contributed by atoms with Crippen LogP contribution in [0.15, 0.2) is 12.2 Å². The summed E-state index contributed by atoms with van der Waals surface area (Å²) in [6.45, 7) is 10.7. The van der Waals surface area contributed by atoms with Gasteiger partial charge in [0.15, 0.2) is 0 Å². The Bertz CT molecular complexity index is 662. The Hall–Kier alpha value is -1.12. The van der Waals surface area contributed by atoms with Crippen molar-refractivity contribution in [2.45, 2.75) is 79.2 Å². The molecule has 26 heavy (non-hydrogen) atoms. The van der Waals surface area contributed by atoms with Gasteiger partial charge in [0.25, 0.3) is 0 Å². The maximum atomic E-state index is 12.6. The average Bonchev–Trinajstić information content (AvgIpc) is 2.88. The van der Waals surface area contributed by atoms with Gasteiger partial charge in [0, 0.05) is 24.2 Å². The third-order valence-electron chi connectivity index (χ3n) is 9.02. The van der Waals surface area contributed by atoms with Gasteiger partial charge in [-0.25, -0.2) is 0 Å². The van der Waals surface area contributed by atoms with Crippen molar-refractivity contribution in [1.82, 2.24) is 0 Å². The Kier molecular flexibility index (Phi) is 3.99. The van der Waals surface area contributed by atoms with E-state index in [4.69, 9.17) is 4.74 Å². The Morgan fingerprint density at radius 1 is 1.00 bits per heavy atom. The van der Waals surface area contributed by atoms with Crippen LogP contribution in [0.1, 0.15) is 73.1 Å². The second kappa shape index (κ2) is 5.69. The molecule has 0 aromatic carbocycles. The number of rotatable bonds is 1. The Morgan fingerprint density at radius 2 is 1.69 bits per heavy atom. The summed E-state index contributed by atoms with van der Waals surface area (Å²) in [6, 6.07) is 0. The van der Waals surface area contributed by atoms with Gasteiger partial charge in [-0.05, 0) is 61.2 Å². The lowest BCUT2D eigenvalue weighted by Crippen LogP contribution is -2.57. The molecular weight excluding hydrogens is 324 g/mol. The number of hydrogen-bond acceptors (Lipinski definition) is 3. The van der Waals surface area contributed by atoms with Crippen LogP contribution in [0.5, 0.6) is 0 Å². The van der Waals surface area contributed by atoms with Crippen LogP contribution >= 0.6 is 0 Å². The Balaban J connectivity index is 1.68. The number of allylic oxidation sites excluding steroid dienone is 2. The number of ketones is 1. The van der Waals surface area contributed by atoms with E-state index in [2.05, 4.69) is 39.8 Å². The number of esters is 1. The van der Waals surface area contributed by atoms with E-state index in [1.165, 1.54) is 13.3 Å². The maximum absolute atomic E-state index is 12.6. The molecule has 4 aliphatic rings. The molecule has 0 radical (unpaired) electrons. The van der Waals surface area contributed by atoms with E-state index in [0.29, 0.717) is 29.5 Å². The third-order valence-corrected chi connectivity index (χ3v) is 9.02. The summed E-state index contributed by atoms with van der Waals surface area (Å²) in [6.07, 6.45) is 11.2. The first-order valence-corrected chi connectivity index (χ1v) is 10.5. The van der Waals surface area contributed by atoms with Crippen LogP contribution in [-0.4, -0.2) is 17.9 Å². The lowest BCUT2D eigenvalue weighted by atomic mass is 9.43. The van der Waals surface area contributed by atoms with Crippen molar-refractivity contribution in [1.29, 1.82) is 0 Å². The molecule has 4 aliphatic carbocycles. The minimum absolute atomic E-state index is 0.0780. The fourth-order valence-electron chi connectivity index (χ4n) is 7.55. The molecule has 0 saturated heterocycles. The second-order valence-corrected chi connectivity index (χ2v) is 10.5. The number of carbonyl (C=O) groups excluding carboxylic acids is 2. The lowest BCUT2D eigenvalue weighted by Gasteiger charge is -2.60. The number of hydrogen-bond donors (Lipinski definition) is 0. The molecule has 0 unspecified atom stereocenters. The molecule has 0 aromatic heterocycles. The van der Waals surface area contributed by atoms with Gasteiger partial charge >= 0.3 is 5.97 Å². The van der Waals surface area contributed by atoms with Crippen LogP contribution in [0.3, 0.4) is 0 Å². The first kappa shape index (κ1) is 18.3. The molecule has 7 atom stereocenters. The first-order valence-electron chi connectivity index (χ1n) is 10.5. The molecule has 0 aromatic rings. The quantitative estimate of drug-likeness (QED) is 0.492. The molecule has 0 N–H and O–H groups in total. The number of carbonyl (C=O) groups is 2. The molecule has 4 rings (SSSR count). The predicted molar refractivity (Wildman–Crippen MR) is 101 cm³/mol. The molecule has 0 heterocycles. The fourth-order valence-corrected chi connectivity index (χ4v) is 7.55. The average molecular weight is 359 g/mol. The third kappa shape index (κ3) is 2.31. The van der Waals surface area contributed by atoms with Crippen molar-refractivity contribution in [3.05, 3.63) is 12.2 Å². The molecule has 3 heteroatoms. The van der Waals surface area contributed by atoms with Crippen molar-refractivity contribution in [2.24, 2.45) is 39.9 Å². The van der Waals surface area contributed by atoms with E-state index >= 15 is 0 Å². The van der Waals surface area contributed by atoms with E-state index in [9.17, 15) is 9.59 Å². The van der Waals surface area contributed by atoms with E-state index in [1.807, 2.05) is 0 Å². The highest BCUT2D eigenvalue weighted by atomic mass is 16.5. The van der Waals surface area contributed by atoms with Crippen LogP contribution in [0.25, 0.3) is 0 Å². The van der Waals surface area contributed by atoms with E-state index in [0.717, 1.165) is 32.1 Å². The molecule has 144 valence electrons. The van der Waals surface area contributed by atoms with E-state index < -0.39 is 0 Å². The fraction of sp³-hybridized carbons (Fsp3) is 0.826. The summed E-state index contributed by atoms with van der Waals surface area (Å²) < 4.78 is 5.73. The minimum Gasteiger partial charge on any atom is -0.462 e. The number of Topliss-reactive ketones (excluding diaryl/α,β-unsaturated/α-hetero) is 1. The highest BCUT2D eigenvalue weighted by Crippen LogP contribution is 2.66. The van der Waals surface area contributed by atoms with Crippen molar-refractivity contribution >= 4 is 11.8 Å².